The Balaban J connectivity index is 2.37. The molecule has 0 saturated heterocycles. The predicted octanol–water partition coefficient (Wildman–Crippen LogP) is 0.553. The van der Waals surface area contributed by atoms with Crippen LogP contribution in [-0.2, 0) is 9.53 Å². The molecule has 2 aromatic heterocycles. The van der Waals surface area contributed by atoms with E-state index in [2.05, 4.69) is 10.2 Å². The van der Waals surface area contributed by atoms with Crippen LogP contribution in [0.15, 0.2) is 35.4 Å². The highest BCUT2D eigenvalue weighted by Crippen LogP contribution is 2.05. The molecule has 0 bridgehead atoms. The number of nitrogens with zero attached hydrogens (tertiary/aromatic N) is 4. The lowest BCUT2D eigenvalue weighted by molar-refractivity contribution is -0.147. The highest BCUT2D eigenvalue weighted by molar-refractivity contribution is 5.73. The molecule has 0 saturated carbocycles. The normalized spacial score (nSPS) is 12.1. The van der Waals surface area contributed by atoms with Crippen LogP contribution in [0.4, 0.5) is 0 Å². The molecule has 0 N–H and O–H groups in total. The van der Waals surface area contributed by atoms with Gasteiger partial charge in [-0.2, -0.15) is 5.10 Å². The van der Waals surface area contributed by atoms with Crippen LogP contribution in [0, 0.1) is 0 Å². The van der Waals surface area contributed by atoms with Crippen molar-refractivity contribution in [2.45, 2.75) is 19.9 Å². The van der Waals surface area contributed by atoms with E-state index < -0.39 is 12.0 Å². The summed E-state index contributed by atoms with van der Waals surface area (Å²) in [4.78, 5) is 23.4. The first-order chi connectivity index (χ1) is 9.13. The maximum Gasteiger partial charge on any atom is 0.330 e. The van der Waals surface area contributed by atoms with Gasteiger partial charge in [-0.05, 0) is 26.0 Å². The third kappa shape index (κ3) is 2.70. The molecule has 1 unspecified atom stereocenters. The lowest BCUT2D eigenvalue weighted by Gasteiger charge is -2.13. The summed E-state index contributed by atoms with van der Waals surface area (Å²) >= 11 is 0. The maximum atomic E-state index is 11.8. The molecule has 2 heterocycles. The van der Waals surface area contributed by atoms with Gasteiger partial charge in [-0.25, -0.2) is 14.2 Å². The molecule has 7 nitrogen and oxygen atoms in total. The van der Waals surface area contributed by atoms with Crippen molar-refractivity contribution in [2.75, 3.05) is 6.61 Å². The minimum absolute atomic E-state index is 0.261. The largest absolute Gasteiger partial charge is 0.464 e. The van der Waals surface area contributed by atoms with Crippen LogP contribution in [0.3, 0.4) is 0 Å². The monoisotopic (exact) mass is 262 g/mol. The Morgan fingerprint density at radius 3 is 2.89 bits per heavy atom. The third-order valence-corrected chi connectivity index (χ3v) is 2.54. The molecular formula is C12H14N4O3. The Labute approximate surface area is 109 Å². The summed E-state index contributed by atoms with van der Waals surface area (Å²) in [7, 11) is 0. The number of carbonyl (C=O) groups is 1. The molecule has 0 aliphatic rings. The van der Waals surface area contributed by atoms with Gasteiger partial charge in [0.25, 0.3) is 5.56 Å². The first-order valence-electron chi connectivity index (χ1n) is 5.90. The highest BCUT2D eigenvalue weighted by Gasteiger charge is 2.19. The highest BCUT2D eigenvalue weighted by atomic mass is 16.5. The standard InChI is InChI=1S/C12H14N4O3/c1-3-19-12(18)9(2)16-11(17)6-5-10(14-16)15-8-4-7-13-15/h4-9H,3H2,1-2H3. The number of carbonyl (C=O) groups excluding carboxylic acids is 1. The molecule has 100 valence electrons. The first kappa shape index (κ1) is 13.0. The molecule has 2 rings (SSSR count). The van der Waals surface area contributed by atoms with Crippen LogP contribution in [0.2, 0.25) is 0 Å². The molecule has 0 amide bonds. The molecule has 0 spiro atoms. The van der Waals surface area contributed by atoms with Crippen LogP contribution in [-0.4, -0.2) is 32.1 Å². The summed E-state index contributed by atoms with van der Waals surface area (Å²) in [6.45, 7) is 3.54. The summed E-state index contributed by atoms with van der Waals surface area (Å²) in [6.07, 6.45) is 3.30. The van der Waals surface area contributed by atoms with E-state index in [-0.39, 0.29) is 12.2 Å². The van der Waals surface area contributed by atoms with Crippen LogP contribution in [0.5, 0.6) is 0 Å². The summed E-state index contributed by atoms with van der Waals surface area (Å²) in [5, 5.41) is 8.14. The zero-order valence-electron chi connectivity index (χ0n) is 10.7. The predicted molar refractivity (Wildman–Crippen MR) is 67.0 cm³/mol. The van der Waals surface area contributed by atoms with Crippen molar-refractivity contribution in [3.05, 3.63) is 40.9 Å². The number of hydrogen-bond donors (Lipinski definition) is 0. The van der Waals surface area contributed by atoms with Crippen molar-refractivity contribution in [1.29, 1.82) is 0 Å². The van der Waals surface area contributed by atoms with E-state index in [1.807, 2.05) is 0 Å². The van der Waals surface area contributed by atoms with E-state index >= 15 is 0 Å². The molecule has 0 fully saturated rings. The van der Waals surface area contributed by atoms with Gasteiger partial charge in [0.1, 0.15) is 0 Å². The Bertz CT molecular complexity index is 618. The second-order valence-electron chi connectivity index (χ2n) is 3.85. The number of rotatable bonds is 4. The van der Waals surface area contributed by atoms with Crippen molar-refractivity contribution in [3.63, 3.8) is 0 Å². The Morgan fingerprint density at radius 1 is 1.47 bits per heavy atom. The first-order valence-corrected chi connectivity index (χ1v) is 5.90. The number of aromatic nitrogens is 4. The van der Waals surface area contributed by atoms with E-state index in [0.29, 0.717) is 5.82 Å². The van der Waals surface area contributed by atoms with Crippen LogP contribution in [0.25, 0.3) is 5.82 Å². The number of hydrogen-bond acceptors (Lipinski definition) is 5. The second kappa shape index (κ2) is 5.47. The van der Waals surface area contributed by atoms with Crippen LogP contribution < -0.4 is 5.56 Å². The number of ether oxygens (including phenoxy) is 1. The molecule has 1 atom stereocenters. The fourth-order valence-corrected chi connectivity index (χ4v) is 1.58. The van der Waals surface area contributed by atoms with Crippen molar-refractivity contribution in [3.8, 4) is 5.82 Å². The lowest BCUT2D eigenvalue weighted by Crippen LogP contribution is -2.31. The lowest BCUT2D eigenvalue weighted by atomic mass is 10.3. The van der Waals surface area contributed by atoms with E-state index in [0.717, 1.165) is 4.68 Å². The van der Waals surface area contributed by atoms with Crippen molar-refractivity contribution in [2.24, 2.45) is 0 Å². The van der Waals surface area contributed by atoms with E-state index in [1.165, 1.54) is 10.7 Å². The molecule has 19 heavy (non-hydrogen) atoms. The molecule has 0 radical (unpaired) electrons. The van der Waals surface area contributed by atoms with Crippen molar-refractivity contribution in [1.82, 2.24) is 19.6 Å². The van der Waals surface area contributed by atoms with Gasteiger partial charge in [-0.1, -0.05) is 0 Å². The Hall–Kier alpha value is -2.44. The molecular weight excluding hydrogens is 248 g/mol. The van der Waals surface area contributed by atoms with Gasteiger partial charge in [0.05, 0.1) is 6.61 Å². The van der Waals surface area contributed by atoms with E-state index in [4.69, 9.17) is 4.74 Å². The fourth-order valence-electron chi connectivity index (χ4n) is 1.58. The average molecular weight is 262 g/mol. The third-order valence-electron chi connectivity index (χ3n) is 2.54. The molecule has 2 aromatic rings. The van der Waals surface area contributed by atoms with Gasteiger partial charge >= 0.3 is 5.97 Å². The quantitative estimate of drug-likeness (QED) is 0.752. The van der Waals surface area contributed by atoms with Crippen LogP contribution >= 0.6 is 0 Å². The van der Waals surface area contributed by atoms with E-state index in [9.17, 15) is 9.59 Å². The molecule has 0 aromatic carbocycles. The summed E-state index contributed by atoms with van der Waals surface area (Å²) < 4.78 is 7.48. The van der Waals surface area contributed by atoms with Gasteiger partial charge < -0.3 is 4.74 Å². The zero-order chi connectivity index (χ0) is 13.8. The van der Waals surface area contributed by atoms with Crippen molar-refractivity contribution < 1.29 is 9.53 Å². The minimum Gasteiger partial charge on any atom is -0.464 e. The Kier molecular flexibility index (Phi) is 3.74. The maximum absolute atomic E-state index is 11.8. The zero-order valence-corrected chi connectivity index (χ0v) is 10.7. The van der Waals surface area contributed by atoms with Gasteiger partial charge in [0, 0.05) is 18.5 Å². The SMILES string of the molecule is CCOC(=O)C(C)n1nc(-n2cccn2)ccc1=O. The smallest absolute Gasteiger partial charge is 0.330 e. The van der Waals surface area contributed by atoms with E-state index in [1.54, 1.807) is 38.4 Å². The van der Waals surface area contributed by atoms with Gasteiger partial charge in [-0.15, -0.1) is 5.10 Å². The van der Waals surface area contributed by atoms with Gasteiger partial charge in [0.2, 0.25) is 0 Å². The Morgan fingerprint density at radius 2 is 2.26 bits per heavy atom. The molecule has 7 heteroatoms. The fraction of sp³-hybridized carbons (Fsp3) is 0.333. The molecule has 0 aliphatic heterocycles. The van der Waals surface area contributed by atoms with Gasteiger partial charge in [-0.3, -0.25) is 4.79 Å². The summed E-state index contributed by atoms with van der Waals surface area (Å²) in [5.41, 5.74) is -0.364. The number of esters is 1. The minimum atomic E-state index is -0.775. The summed E-state index contributed by atoms with van der Waals surface area (Å²) in [5.74, 6) is -0.0320. The summed E-state index contributed by atoms with van der Waals surface area (Å²) in [6, 6.07) is 3.86. The van der Waals surface area contributed by atoms with Gasteiger partial charge in [0.15, 0.2) is 11.9 Å². The topological polar surface area (TPSA) is 79.0 Å². The molecule has 0 aliphatic carbocycles. The van der Waals surface area contributed by atoms with Crippen molar-refractivity contribution >= 4 is 5.97 Å². The second-order valence-corrected chi connectivity index (χ2v) is 3.85. The van der Waals surface area contributed by atoms with Crippen LogP contribution in [0.1, 0.15) is 19.9 Å². The average Bonchev–Trinajstić information content (AvgIpc) is 2.93.